The summed E-state index contributed by atoms with van der Waals surface area (Å²) in [5.74, 6) is 7.43. The number of aliphatic imine (C=N–C) groups is 2. The first-order chi connectivity index (χ1) is 20.7. The van der Waals surface area contributed by atoms with Crippen molar-refractivity contribution >= 4 is 33.1 Å². The lowest BCUT2D eigenvalue weighted by atomic mass is 9.75. The molecule has 0 saturated heterocycles. The molecule has 9 nitrogen and oxygen atoms in total. The zero-order chi connectivity index (χ0) is 29.8. The molecule has 0 amide bonds. The first-order valence-corrected chi connectivity index (χ1v) is 15.5. The van der Waals surface area contributed by atoms with Crippen LogP contribution in [-0.4, -0.2) is 46.9 Å². The highest BCUT2D eigenvalue weighted by Crippen LogP contribution is 2.44. The third kappa shape index (κ3) is 4.73. The number of fused-ring (bicyclic) bond motifs is 2. The molecule has 43 heavy (non-hydrogen) atoms. The van der Waals surface area contributed by atoms with Crippen LogP contribution in [0.2, 0.25) is 0 Å². The Hall–Kier alpha value is -4.32. The molecule has 3 heterocycles. The molecule has 0 spiro atoms. The van der Waals surface area contributed by atoms with E-state index in [1.807, 2.05) is 67.6 Å². The fourth-order valence-corrected chi connectivity index (χ4v) is 6.81. The number of hydrogen-bond donors (Lipinski definition) is 2. The minimum atomic E-state index is -4.26. The van der Waals surface area contributed by atoms with E-state index < -0.39 is 21.8 Å². The lowest BCUT2D eigenvalue weighted by Gasteiger charge is -2.41. The maximum Gasteiger partial charge on any atom is 0.297 e. The Morgan fingerprint density at radius 1 is 0.977 bits per heavy atom. The summed E-state index contributed by atoms with van der Waals surface area (Å²) in [5, 5.41) is 12.5. The number of rotatable bonds is 7. The number of aliphatic hydroxyl groups is 1. The largest absolute Gasteiger partial charge is 0.387 e. The molecule has 7 rings (SSSR count). The highest BCUT2D eigenvalue weighted by Gasteiger charge is 2.54. The van der Waals surface area contributed by atoms with Crippen LogP contribution in [0.15, 0.2) is 124 Å². The summed E-state index contributed by atoms with van der Waals surface area (Å²) in [4.78, 5) is 14.1. The normalized spacial score (nSPS) is 21.4. The number of pyridine rings is 1. The Bertz CT molecular complexity index is 1980. The second kappa shape index (κ2) is 10.1. The van der Waals surface area contributed by atoms with Crippen molar-refractivity contribution in [3.05, 3.63) is 120 Å². The van der Waals surface area contributed by atoms with Crippen LogP contribution in [0.5, 0.6) is 0 Å². The smallest absolute Gasteiger partial charge is 0.297 e. The molecule has 2 atom stereocenters. The van der Waals surface area contributed by atoms with E-state index in [1.54, 1.807) is 30.7 Å². The maximum absolute atomic E-state index is 13.5. The molecule has 10 heteroatoms. The molecule has 1 saturated carbocycles. The second-order valence-corrected chi connectivity index (χ2v) is 12.8. The van der Waals surface area contributed by atoms with Crippen LogP contribution in [-0.2, 0) is 14.3 Å². The van der Waals surface area contributed by atoms with Gasteiger partial charge in [0.05, 0.1) is 39.7 Å². The minimum Gasteiger partial charge on any atom is -0.387 e. The van der Waals surface area contributed by atoms with Crippen molar-refractivity contribution in [3.63, 3.8) is 0 Å². The fraction of sp³-hybridized carbons (Fsp3) is 0.182. The van der Waals surface area contributed by atoms with Crippen LogP contribution >= 0.6 is 0 Å². The first-order valence-electron chi connectivity index (χ1n) is 14.1. The minimum absolute atomic E-state index is 0.000596. The molecule has 2 aliphatic heterocycles. The number of nitrogens with zero attached hydrogens (tertiary/aromatic N) is 4. The molecule has 4 aromatic rings. The van der Waals surface area contributed by atoms with Gasteiger partial charge < -0.3 is 5.11 Å². The summed E-state index contributed by atoms with van der Waals surface area (Å²) >= 11 is 0. The number of aryl methyl sites for hydroxylation is 1. The monoisotopic (exact) mass is 592 g/mol. The topological polar surface area (TPSA) is 127 Å². The SMILES string of the molecule is Cc1ccc(S(=O)(=O)OC(C2=C3C=NC=C[N+]3(N)C(c3ccc4ccc(-c5ccccc5)nc4c3)=N2)C2(O)CCC2)cc1. The van der Waals surface area contributed by atoms with Gasteiger partial charge in [-0.1, -0.05) is 60.2 Å². The van der Waals surface area contributed by atoms with Crippen LogP contribution in [0.1, 0.15) is 30.4 Å². The van der Waals surface area contributed by atoms with Crippen LogP contribution < -0.4 is 5.84 Å². The summed E-state index contributed by atoms with van der Waals surface area (Å²) in [6, 6.07) is 26.1. The van der Waals surface area contributed by atoms with Crippen molar-refractivity contribution in [3.8, 4) is 11.3 Å². The van der Waals surface area contributed by atoms with Gasteiger partial charge >= 0.3 is 0 Å². The van der Waals surface area contributed by atoms with E-state index in [0.29, 0.717) is 29.9 Å². The lowest BCUT2D eigenvalue weighted by molar-refractivity contribution is -0.750. The molecule has 1 fully saturated rings. The van der Waals surface area contributed by atoms with Crippen LogP contribution in [0.25, 0.3) is 22.2 Å². The van der Waals surface area contributed by atoms with Gasteiger partial charge in [-0.25, -0.2) is 4.98 Å². The molecular weight excluding hydrogens is 562 g/mol. The van der Waals surface area contributed by atoms with Crippen molar-refractivity contribution < 1.29 is 22.3 Å². The van der Waals surface area contributed by atoms with Crippen molar-refractivity contribution in [2.75, 3.05) is 0 Å². The molecule has 216 valence electrons. The van der Waals surface area contributed by atoms with E-state index >= 15 is 0 Å². The summed E-state index contributed by atoms with van der Waals surface area (Å²) in [6.07, 6.45) is 4.97. The van der Waals surface area contributed by atoms with E-state index in [9.17, 15) is 13.5 Å². The number of quaternary nitrogens is 1. The third-order valence-electron chi connectivity index (χ3n) is 8.33. The summed E-state index contributed by atoms with van der Waals surface area (Å²) < 4.78 is 32.5. The highest BCUT2D eigenvalue weighted by atomic mass is 32.2. The Kier molecular flexibility index (Phi) is 6.49. The summed E-state index contributed by atoms with van der Waals surface area (Å²) in [6.45, 7) is 1.87. The number of aromatic nitrogens is 1. The molecule has 0 bridgehead atoms. The number of allylic oxidation sites excluding steroid dienone is 1. The molecule has 3 N–H and O–H groups in total. The van der Waals surface area contributed by atoms with Crippen molar-refractivity contribution in [1.82, 2.24) is 4.98 Å². The Morgan fingerprint density at radius 3 is 2.44 bits per heavy atom. The van der Waals surface area contributed by atoms with Gasteiger partial charge in [-0.3, -0.25) is 9.18 Å². The zero-order valence-corrected chi connectivity index (χ0v) is 24.3. The standard InChI is InChI=1S/C33H30N5O4S/c1-22-8-13-26(14-9-22)43(40,41)42-31(33(39)16-5-17-33)30-29-21-35-18-19-38(29,34)32(37-30)25-11-10-24-12-15-27(36-28(24)20-25)23-6-3-2-4-7-23/h2-4,6-15,18-21,31,39H,5,16-17,34H2,1H3/q+1. The van der Waals surface area contributed by atoms with E-state index in [0.717, 1.165) is 34.1 Å². The van der Waals surface area contributed by atoms with Gasteiger partial charge in [0.1, 0.15) is 11.9 Å². The van der Waals surface area contributed by atoms with Crippen molar-refractivity contribution in [2.45, 2.75) is 42.8 Å². The van der Waals surface area contributed by atoms with Crippen LogP contribution in [0, 0.1) is 6.92 Å². The molecule has 2 unspecified atom stereocenters. The van der Waals surface area contributed by atoms with E-state index in [1.165, 1.54) is 12.1 Å². The molecule has 0 radical (unpaired) electrons. The molecule has 1 aromatic heterocycles. The van der Waals surface area contributed by atoms with Gasteiger partial charge in [-0.2, -0.15) is 19.3 Å². The van der Waals surface area contributed by atoms with Crippen molar-refractivity contribution in [2.24, 2.45) is 15.8 Å². The van der Waals surface area contributed by atoms with Crippen molar-refractivity contribution in [1.29, 1.82) is 0 Å². The number of benzene rings is 3. The number of hydrogen-bond acceptors (Lipinski definition) is 8. The maximum atomic E-state index is 13.5. The van der Waals surface area contributed by atoms with Gasteiger partial charge in [0.2, 0.25) is 5.70 Å². The average Bonchev–Trinajstić information content (AvgIpc) is 3.31. The first kappa shape index (κ1) is 27.5. The Labute approximate surface area is 249 Å². The molecule has 1 aliphatic carbocycles. The predicted octanol–water partition coefficient (Wildman–Crippen LogP) is 5.12. The summed E-state index contributed by atoms with van der Waals surface area (Å²) in [5.41, 5.74) is 3.42. The van der Waals surface area contributed by atoms with Gasteiger partial charge in [0.25, 0.3) is 16.0 Å². The van der Waals surface area contributed by atoms with Gasteiger partial charge in [0.15, 0.2) is 6.10 Å². The molecule has 3 aliphatic rings. The fourth-order valence-electron chi connectivity index (χ4n) is 5.70. The number of amidine groups is 1. The van der Waals surface area contributed by atoms with Crippen LogP contribution in [0.4, 0.5) is 0 Å². The van der Waals surface area contributed by atoms with E-state index in [2.05, 4.69) is 4.99 Å². The predicted molar refractivity (Wildman–Crippen MR) is 165 cm³/mol. The molecular formula is C33H30N5O4S+. The lowest BCUT2D eigenvalue weighted by Crippen LogP contribution is -2.54. The van der Waals surface area contributed by atoms with E-state index in [-0.39, 0.29) is 15.2 Å². The highest BCUT2D eigenvalue weighted by molar-refractivity contribution is 7.86. The zero-order valence-electron chi connectivity index (χ0n) is 23.5. The number of nitrogens with two attached hydrogens (primary N) is 1. The quantitative estimate of drug-likeness (QED) is 0.174. The third-order valence-corrected chi connectivity index (χ3v) is 9.63. The van der Waals surface area contributed by atoms with Gasteiger partial charge in [0, 0.05) is 10.9 Å². The summed E-state index contributed by atoms with van der Waals surface area (Å²) in [7, 11) is -4.26. The van der Waals surface area contributed by atoms with E-state index in [4.69, 9.17) is 20.0 Å². The Balaban J connectivity index is 1.33. The average molecular weight is 593 g/mol. The Morgan fingerprint density at radius 2 is 1.72 bits per heavy atom. The van der Waals surface area contributed by atoms with Gasteiger partial charge in [-0.05, 0) is 56.5 Å². The second-order valence-electron chi connectivity index (χ2n) is 11.2. The van der Waals surface area contributed by atoms with Crippen LogP contribution in [0.3, 0.4) is 0 Å². The van der Waals surface area contributed by atoms with Gasteiger partial charge in [-0.15, -0.1) is 4.59 Å². The molecule has 3 aromatic carbocycles.